The van der Waals surface area contributed by atoms with Gasteiger partial charge in [0.15, 0.2) is 12.0 Å². The van der Waals surface area contributed by atoms with Gasteiger partial charge in [-0.15, -0.1) is 5.10 Å². The largest absolute Gasteiger partial charge is 0.394 e. The number of thioether (sulfide) groups is 1. The number of rotatable bonds is 8. The van der Waals surface area contributed by atoms with Gasteiger partial charge < -0.3 is 31.1 Å². The third-order valence-corrected chi connectivity index (χ3v) is 4.48. The van der Waals surface area contributed by atoms with Crippen LogP contribution in [0.3, 0.4) is 0 Å². The normalized spacial score (nSPS) is 28.0. The number of hydrogen-bond acceptors (Lipinski definition) is 9. The van der Waals surface area contributed by atoms with Crippen molar-refractivity contribution in [3.05, 3.63) is 19.5 Å². The topological polar surface area (TPSA) is 156 Å². The molecule has 10 nitrogen and oxygen atoms in total. The Labute approximate surface area is 143 Å². The molecular formula is C13H21N5O5S. The highest BCUT2D eigenvalue weighted by Gasteiger charge is 2.44. The van der Waals surface area contributed by atoms with Gasteiger partial charge >= 0.3 is 0 Å². The number of nitrogens with two attached hydrogens (primary N) is 1. The first-order valence-electron chi connectivity index (χ1n) is 7.27. The van der Waals surface area contributed by atoms with Gasteiger partial charge in [0.2, 0.25) is 5.91 Å². The fraction of sp³-hybridized carbons (Fsp3) is 0.615. The zero-order valence-electron chi connectivity index (χ0n) is 12.9. The molecule has 1 amide bonds. The van der Waals surface area contributed by atoms with Gasteiger partial charge in [-0.3, -0.25) is 4.79 Å². The molecule has 11 heteroatoms. The van der Waals surface area contributed by atoms with E-state index in [1.807, 2.05) is 0 Å². The van der Waals surface area contributed by atoms with Crippen molar-refractivity contribution >= 4 is 23.5 Å². The van der Waals surface area contributed by atoms with E-state index in [1.54, 1.807) is 6.42 Å². The Morgan fingerprint density at radius 1 is 1.58 bits per heavy atom. The van der Waals surface area contributed by atoms with Crippen molar-refractivity contribution < 1.29 is 24.9 Å². The van der Waals surface area contributed by atoms with Crippen molar-refractivity contribution in [3.8, 4) is 0 Å². The van der Waals surface area contributed by atoms with Gasteiger partial charge in [0.05, 0.1) is 18.8 Å². The van der Waals surface area contributed by atoms with E-state index in [-0.39, 0.29) is 5.82 Å². The van der Waals surface area contributed by atoms with E-state index in [9.17, 15) is 15.0 Å². The van der Waals surface area contributed by atoms with Crippen molar-refractivity contribution in [1.29, 1.82) is 0 Å². The number of anilines is 1. The van der Waals surface area contributed by atoms with Crippen LogP contribution in [0.2, 0.25) is 0 Å². The Morgan fingerprint density at radius 2 is 2.33 bits per heavy atom. The van der Waals surface area contributed by atoms with Gasteiger partial charge in [-0.05, 0) is 19.1 Å². The first kappa shape index (κ1) is 19.1. The molecule has 0 spiro atoms. The zero-order valence-corrected chi connectivity index (χ0v) is 13.7. The first-order chi connectivity index (χ1) is 11.5. The minimum absolute atomic E-state index is 0.141. The van der Waals surface area contributed by atoms with Crippen molar-refractivity contribution in [2.24, 2.45) is 5.73 Å². The first-order valence-corrected chi connectivity index (χ1v) is 8.42. The molecule has 1 fully saturated rings. The lowest BCUT2D eigenvalue weighted by molar-refractivity contribution is -0.116. The minimum atomic E-state index is -1.27. The van der Waals surface area contributed by atoms with Gasteiger partial charge in [-0.2, -0.15) is 11.8 Å². The van der Waals surface area contributed by atoms with Crippen LogP contribution in [-0.4, -0.2) is 78.7 Å². The van der Waals surface area contributed by atoms with Crippen LogP contribution in [0.4, 0.5) is 5.82 Å². The third kappa shape index (κ3) is 4.43. The molecule has 2 rings (SSSR count). The zero-order chi connectivity index (χ0) is 17.7. The Kier molecular flexibility index (Phi) is 6.95. The molecule has 5 atom stereocenters. The average Bonchev–Trinajstić information content (AvgIpc) is 3.13. The summed E-state index contributed by atoms with van der Waals surface area (Å²) in [5.74, 6) is 0.852. The van der Waals surface area contributed by atoms with Gasteiger partial charge in [0.1, 0.15) is 18.3 Å². The fourth-order valence-electron chi connectivity index (χ4n) is 2.13. The number of amides is 1. The second-order valence-corrected chi connectivity index (χ2v) is 6.31. The number of aliphatic hydroxyl groups is 3. The summed E-state index contributed by atoms with van der Waals surface area (Å²) < 4.78 is 6.48. The van der Waals surface area contributed by atoms with Gasteiger partial charge in [-0.25, -0.2) is 4.68 Å². The SMILES string of the molecule is [CH2][CH]CSC[C@@H](N)C(=O)Nc1cn([C@H]2OC(CO)[C@@H](O)[C@H]2O)nn1. The molecular weight excluding hydrogens is 338 g/mol. The molecule has 2 radical (unpaired) electrons. The molecule has 1 aliphatic heterocycles. The van der Waals surface area contributed by atoms with Gasteiger partial charge in [0, 0.05) is 5.75 Å². The molecule has 134 valence electrons. The number of nitrogens with one attached hydrogen (secondary N) is 1. The number of aliphatic hydroxyl groups excluding tert-OH is 3. The maximum absolute atomic E-state index is 11.9. The Hall–Kier alpha value is -1.24. The molecule has 1 aliphatic rings. The highest BCUT2D eigenvalue weighted by atomic mass is 32.2. The lowest BCUT2D eigenvalue weighted by atomic mass is 10.1. The van der Waals surface area contributed by atoms with Gasteiger partial charge in [-0.1, -0.05) is 5.21 Å². The van der Waals surface area contributed by atoms with Gasteiger partial charge in [0.25, 0.3) is 0 Å². The fourth-order valence-corrected chi connectivity index (χ4v) is 2.84. The van der Waals surface area contributed by atoms with E-state index >= 15 is 0 Å². The molecule has 24 heavy (non-hydrogen) atoms. The summed E-state index contributed by atoms with van der Waals surface area (Å²) in [6, 6.07) is -0.714. The predicted octanol–water partition coefficient (Wildman–Crippen LogP) is -2.07. The predicted molar refractivity (Wildman–Crippen MR) is 86.6 cm³/mol. The standard InChI is InChI=1S/C13H21N5O5S/c1-2-3-24-6-7(14)12(22)15-9-4-18(17-16-9)13-11(21)10(20)8(5-19)23-13/h2,4,7-8,10-11,13,19-21H,1,3,5-6,14H2,(H,15,22)/t7-,8?,10-,11-,13+/m1/s1. The van der Waals surface area contributed by atoms with Crippen LogP contribution in [0.1, 0.15) is 6.23 Å². The number of ether oxygens (including phenoxy) is 1. The molecule has 1 aromatic rings. The van der Waals surface area contributed by atoms with E-state index in [1.165, 1.54) is 18.0 Å². The van der Waals surface area contributed by atoms with Crippen molar-refractivity contribution in [3.63, 3.8) is 0 Å². The smallest absolute Gasteiger partial charge is 0.243 e. The number of nitrogens with zero attached hydrogens (tertiary/aromatic N) is 3. The Morgan fingerprint density at radius 3 is 2.96 bits per heavy atom. The van der Waals surface area contributed by atoms with Crippen molar-refractivity contribution in [2.45, 2.75) is 30.6 Å². The van der Waals surface area contributed by atoms with E-state index in [4.69, 9.17) is 15.6 Å². The molecule has 1 aromatic heterocycles. The van der Waals surface area contributed by atoms with Crippen LogP contribution in [0.5, 0.6) is 0 Å². The summed E-state index contributed by atoms with van der Waals surface area (Å²) in [5.41, 5.74) is 5.76. The van der Waals surface area contributed by atoms with Crippen molar-refractivity contribution in [1.82, 2.24) is 15.0 Å². The second-order valence-electron chi connectivity index (χ2n) is 5.23. The van der Waals surface area contributed by atoms with E-state index in [0.717, 1.165) is 4.68 Å². The Bertz CT molecular complexity index is 545. The lowest BCUT2D eigenvalue weighted by Gasteiger charge is -2.13. The van der Waals surface area contributed by atoms with E-state index < -0.39 is 43.1 Å². The molecule has 0 bridgehead atoms. The monoisotopic (exact) mass is 359 g/mol. The van der Waals surface area contributed by atoms with Crippen LogP contribution in [0, 0.1) is 13.3 Å². The molecule has 1 saturated heterocycles. The average molecular weight is 359 g/mol. The molecule has 0 saturated carbocycles. The number of hydrogen-bond donors (Lipinski definition) is 5. The van der Waals surface area contributed by atoms with Crippen LogP contribution in [-0.2, 0) is 9.53 Å². The minimum Gasteiger partial charge on any atom is -0.394 e. The summed E-state index contributed by atoms with van der Waals surface area (Å²) >= 11 is 1.48. The molecule has 6 N–H and O–H groups in total. The number of aromatic nitrogens is 3. The summed E-state index contributed by atoms with van der Waals surface area (Å²) in [6.45, 7) is 3.14. The molecule has 1 unspecified atom stereocenters. The summed E-state index contributed by atoms with van der Waals surface area (Å²) in [4.78, 5) is 11.9. The van der Waals surface area contributed by atoms with Crippen LogP contribution in [0.25, 0.3) is 0 Å². The second kappa shape index (κ2) is 8.74. The van der Waals surface area contributed by atoms with Crippen LogP contribution >= 0.6 is 11.8 Å². The van der Waals surface area contributed by atoms with E-state index in [2.05, 4.69) is 22.6 Å². The summed E-state index contributed by atoms with van der Waals surface area (Å²) in [5, 5.41) is 38.7. The Balaban J connectivity index is 1.92. The van der Waals surface area contributed by atoms with Crippen LogP contribution in [0.15, 0.2) is 6.20 Å². The maximum atomic E-state index is 11.9. The quantitative estimate of drug-likeness (QED) is 0.329. The molecule has 0 aromatic carbocycles. The third-order valence-electron chi connectivity index (χ3n) is 3.41. The number of carbonyl (C=O) groups is 1. The highest BCUT2D eigenvalue weighted by molar-refractivity contribution is 7.99. The van der Waals surface area contributed by atoms with Crippen molar-refractivity contribution in [2.75, 3.05) is 23.4 Å². The lowest BCUT2D eigenvalue weighted by Crippen LogP contribution is -2.37. The van der Waals surface area contributed by atoms with E-state index in [0.29, 0.717) is 11.5 Å². The maximum Gasteiger partial charge on any atom is 0.243 e. The molecule has 2 heterocycles. The number of carbonyl (C=O) groups excluding carboxylic acids is 1. The molecule has 0 aliphatic carbocycles. The summed E-state index contributed by atoms with van der Waals surface area (Å²) in [6.07, 6.45) is -1.36. The summed E-state index contributed by atoms with van der Waals surface area (Å²) in [7, 11) is 0. The highest BCUT2D eigenvalue weighted by Crippen LogP contribution is 2.28. The van der Waals surface area contributed by atoms with Crippen LogP contribution < -0.4 is 11.1 Å².